The molecule has 2 heterocycles. The van der Waals surface area contributed by atoms with E-state index in [-0.39, 0.29) is 17.3 Å². The number of ether oxygens (including phenoxy) is 3. The van der Waals surface area contributed by atoms with E-state index in [4.69, 9.17) is 25.8 Å². The van der Waals surface area contributed by atoms with Crippen LogP contribution in [0.25, 0.3) is 6.08 Å². The molecular weight excluding hydrogens is 420 g/mol. The largest absolute Gasteiger partial charge is 0.493 e. The van der Waals surface area contributed by atoms with Crippen LogP contribution in [0.3, 0.4) is 0 Å². The van der Waals surface area contributed by atoms with Gasteiger partial charge in [0.2, 0.25) is 5.90 Å². The van der Waals surface area contributed by atoms with E-state index in [1.165, 1.54) is 13.3 Å². The minimum Gasteiger partial charge on any atom is -0.493 e. The summed E-state index contributed by atoms with van der Waals surface area (Å²) in [6.45, 7) is 0. The molecule has 0 fully saturated rings. The third kappa shape index (κ3) is 4.46. The SMILES string of the molecule is COc1cc(/C=C2\N=C(c3ccccc3Cl)OC2=O)ccc1OC(=O)c1cccnc1. The Labute approximate surface area is 182 Å². The molecule has 31 heavy (non-hydrogen) atoms. The van der Waals surface area contributed by atoms with Gasteiger partial charge in [-0.05, 0) is 48.0 Å². The fraction of sp³-hybridized carbons (Fsp3) is 0.0435. The van der Waals surface area contributed by atoms with Crippen LogP contribution in [-0.4, -0.2) is 29.9 Å². The first kappa shape index (κ1) is 20.3. The van der Waals surface area contributed by atoms with Crippen molar-refractivity contribution in [3.8, 4) is 11.5 Å². The van der Waals surface area contributed by atoms with Gasteiger partial charge < -0.3 is 14.2 Å². The van der Waals surface area contributed by atoms with Crippen LogP contribution in [0.1, 0.15) is 21.5 Å². The van der Waals surface area contributed by atoms with Gasteiger partial charge in [0.05, 0.1) is 23.3 Å². The van der Waals surface area contributed by atoms with Gasteiger partial charge >= 0.3 is 11.9 Å². The quantitative estimate of drug-likeness (QED) is 0.338. The number of aromatic nitrogens is 1. The number of methoxy groups -OCH3 is 1. The number of nitrogens with zero attached hydrogens (tertiary/aromatic N) is 2. The molecule has 1 aromatic heterocycles. The number of carbonyl (C=O) groups is 2. The maximum atomic E-state index is 12.3. The average molecular weight is 435 g/mol. The lowest BCUT2D eigenvalue weighted by Gasteiger charge is -2.10. The summed E-state index contributed by atoms with van der Waals surface area (Å²) in [7, 11) is 1.45. The number of benzene rings is 2. The molecular formula is C23H15ClN2O5. The van der Waals surface area contributed by atoms with Crippen LogP contribution in [0, 0.1) is 0 Å². The molecule has 0 bridgehead atoms. The normalized spacial score (nSPS) is 14.2. The summed E-state index contributed by atoms with van der Waals surface area (Å²) >= 11 is 6.15. The predicted molar refractivity (Wildman–Crippen MR) is 114 cm³/mol. The Morgan fingerprint density at radius 1 is 1.10 bits per heavy atom. The standard InChI is InChI=1S/C23H15ClN2O5/c1-29-20-12-14(8-9-19(20)30-22(27)15-5-4-10-25-13-15)11-18-23(28)31-21(26-18)16-6-2-3-7-17(16)24/h2-13H,1H3/b18-11-. The highest BCUT2D eigenvalue weighted by Gasteiger charge is 2.25. The van der Waals surface area contributed by atoms with Gasteiger partial charge in [-0.1, -0.05) is 29.8 Å². The molecule has 3 aromatic rings. The van der Waals surface area contributed by atoms with Crippen molar-refractivity contribution in [3.63, 3.8) is 0 Å². The molecule has 0 spiro atoms. The van der Waals surface area contributed by atoms with Gasteiger partial charge in [-0.2, -0.15) is 0 Å². The number of hydrogen-bond acceptors (Lipinski definition) is 7. The molecule has 154 valence electrons. The Morgan fingerprint density at radius 3 is 2.68 bits per heavy atom. The van der Waals surface area contributed by atoms with Crippen molar-refractivity contribution < 1.29 is 23.8 Å². The van der Waals surface area contributed by atoms with E-state index in [9.17, 15) is 9.59 Å². The molecule has 0 amide bonds. The zero-order chi connectivity index (χ0) is 21.8. The zero-order valence-electron chi connectivity index (χ0n) is 16.2. The maximum absolute atomic E-state index is 12.3. The van der Waals surface area contributed by atoms with Gasteiger partial charge in [-0.3, -0.25) is 4.98 Å². The van der Waals surface area contributed by atoms with Crippen molar-refractivity contribution >= 4 is 35.5 Å². The molecule has 0 radical (unpaired) electrons. The number of hydrogen-bond donors (Lipinski definition) is 0. The molecule has 0 saturated heterocycles. The Hall–Kier alpha value is -3.97. The van der Waals surface area contributed by atoms with Crippen LogP contribution < -0.4 is 9.47 Å². The summed E-state index contributed by atoms with van der Waals surface area (Å²) < 4.78 is 16.0. The zero-order valence-corrected chi connectivity index (χ0v) is 17.0. The number of cyclic esters (lactones) is 1. The molecule has 0 saturated carbocycles. The number of aliphatic imine (C=N–C) groups is 1. The van der Waals surface area contributed by atoms with Crippen LogP contribution in [-0.2, 0) is 9.53 Å². The molecule has 4 rings (SSSR count). The van der Waals surface area contributed by atoms with E-state index < -0.39 is 11.9 Å². The van der Waals surface area contributed by atoms with Crippen LogP contribution in [0.2, 0.25) is 5.02 Å². The molecule has 7 nitrogen and oxygen atoms in total. The van der Waals surface area contributed by atoms with E-state index in [0.29, 0.717) is 27.5 Å². The number of rotatable bonds is 5. The lowest BCUT2D eigenvalue weighted by molar-refractivity contribution is -0.129. The fourth-order valence-corrected chi connectivity index (χ4v) is 3.03. The first-order valence-corrected chi connectivity index (χ1v) is 9.50. The summed E-state index contributed by atoms with van der Waals surface area (Å²) in [4.78, 5) is 32.7. The number of halogens is 1. The third-order valence-corrected chi connectivity index (χ3v) is 4.65. The van der Waals surface area contributed by atoms with Crippen molar-refractivity contribution in [3.05, 3.63) is 94.4 Å². The number of pyridine rings is 1. The molecule has 0 N–H and O–H groups in total. The van der Waals surface area contributed by atoms with Crippen LogP contribution in [0.4, 0.5) is 0 Å². The maximum Gasteiger partial charge on any atom is 0.363 e. The predicted octanol–water partition coefficient (Wildman–Crippen LogP) is 4.31. The van der Waals surface area contributed by atoms with Crippen LogP contribution >= 0.6 is 11.6 Å². The molecule has 2 aromatic carbocycles. The van der Waals surface area contributed by atoms with E-state index in [2.05, 4.69) is 9.98 Å². The second kappa shape index (κ2) is 8.81. The Kier molecular flexibility index (Phi) is 5.77. The number of carbonyl (C=O) groups excluding carboxylic acids is 2. The van der Waals surface area contributed by atoms with Crippen molar-refractivity contribution in [2.75, 3.05) is 7.11 Å². The summed E-state index contributed by atoms with van der Waals surface area (Å²) in [5.41, 5.74) is 1.55. The second-order valence-electron chi connectivity index (χ2n) is 6.36. The minimum absolute atomic E-state index is 0.108. The van der Waals surface area contributed by atoms with Gasteiger partial charge in [0.1, 0.15) is 0 Å². The Morgan fingerprint density at radius 2 is 1.94 bits per heavy atom. The third-order valence-electron chi connectivity index (χ3n) is 4.32. The monoisotopic (exact) mass is 434 g/mol. The van der Waals surface area contributed by atoms with Crippen molar-refractivity contribution in [1.29, 1.82) is 0 Å². The molecule has 8 heteroatoms. The van der Waals surface area contributed by atoms with Crippen LogP contribution in [0.15, 0.2) is 77.7 Å². The highest BCUT2D eigenvalue weighted by molar-refractivity contribution is 6.34. The van der Waals surface area contributed by atoms with Crippen LogP contribution in [0.5, 0.6) is 11.5 Å². The fourth-order valence-electron chi connectivity index (χ4n) is 2.82. The van der Waals surface area contributed by atoms with Gasteiger partial charge in [0.25, 0.3) is 0 Å². The smallest absolute Gasteiger partial charge is 0.363 e. The molecule has 0 unspecified atom stereocenters. The van der Waals surface area contributed by atoms with E-state index in [0.717, 1.165) is 0 Å². The summed E-state index contributed by atoms with van der Waals surface area (Å²) in [5, 5.41) is 0.428. The first-order chi connectivity index (χ1) is 15.0. The lowest BCUT2D eigenvalue weighted by Crippen LogP contribution is -2.09. The number of esters is 2. The second-order valence-corrected chi connectivity index (χ2v) is 6.76. The van der Waals surface area contributed by atoms with E-state index in [1.807, 2.05) is 0 Å². The Balaban J connectivity index is 1.59. The van der Waals surface area contributed by atoms with Crippen molar-refractivity contribution in [2.24, 2.45) is 4.99 Å². The van der Waals surface area contributed by atoms with Gasteiger partial charge in [-0.25, -0.2) is 14.6 Å². The van der Waals surface area contributed by atoms with Gasteiger partial charge in [-0.15, -0.1) is 0 Å². The molecule has 0 aliphatic carbocycles. The van der Waals surface area contributed by atoms with Gasteiger partial charge in [0.15, 0.2) is 17.2 Å². The highest BCUT2D eigenvalue weighted by atomic mass is 35.5. The topological polar surface area (TPSA) is 87.1 Å². The van der Waals surface area contributed by atoms with Gasteiger partial charge in [0, 0.05) is 12.4 Å². The molecule has 0 atom stereocenters. The summed E-state index contributed by atoms with van der Waals surface area (Å²) in [6.07, 6.45) is 4.52. The highest BCUT2D eigenvalue weighted by Crippen LogP contribution is 2.31. The first-order valence-electron chi connectivity index (χ1n) is 9.13. The van der Waals surface area contributed by atoms with E-state index >= 15 is 0 Å². The van der Waals surface area contributed by atoms with Crippen molar-refractivity contribution in [1.82, 2.24) is 4.98 Å². The summed E-state index contributed by atoms with van der Waals surface area (Å²) in [5.74, 6) is -0.483. The van der Waals surface area contributed by atoms with Crippen molar-refractivity contribution in [2.45, 2.75) is 0 Å². The molecule has 1 aliphatic rings. The Bertz CT molecular complexity index is 1220. The molecule has 1 aliphatic heterocycles. The average Bonchev–Trinajstić information content (AvgIpc) is 3.15. The van der Waals surface area contributed by atoms with E-state index in [1.54, 1.807) is 66.9 Å². The minimum atomic E-state index is -0.596. The lowest BCUT2D eigenvalue weighted by atomic mass is 10.1. The summed E-state index contributed by atoms with van der Waals surface area (Å²) in [6, 6.07) is 15.0.